The molecule has 0 aliphatic carbocycles. The predicted octanol–water partition coefficient (Wildman–Crippen LogP) is 3.84. The van der Waals surface area contributed by atoms with E-state index >= 15 is 0 Å². The Balaban J connectivity index is 2.02. The van der Waals surface area contributed by atoms with Crippen molar-refractivity contribution < 1.29 is 4.39 Å². The lowest BCUT2D eigenvalue weighted by Crippen LogP contribution is -1.96. The molecule has 19 heavy (non-hydrogen) atoms. The van der Waals surface area contributed by atoms with Crippen molar-refractivity contribution in [1.29, 1.82) is 0 Å². The summed E-state index contributed by atoms with van der Waals surface area (Å²) < 4.78 is 15.7. The third-order valence-electron chi connectivity index (χ3n) is 2.63. The fourth-order valence-electron chi connectivity index (χ4n) is 1.79. The normalized spacial score (nSPS) is 10.6. The highest BCUT2D eigenvalue weighted by Gasteiger charge is 2.06. The summed E-state index contributed by atoms with van der Waals surface area (Å²) in [7, 11) is 0. The van der Waals surface area contributed by atoms with Gasteiger partial charge >= 0.3 is 0 Å². The van der Waals surface area contributed by atoms with Crippen LogP contribution >= 0.6 is 15.9 Å². The molecule has 3 rings (SSSR count). The molecule has 1 aromatic carbocycles. The Bertz CT molecular complexity index is 689. The van der Waals surface area contributed by atoms with E-state index in [1.54, 1.807) is 23.1 Å². The molecule has 0 aliphatic rings. The van der Waals surface area contributed by atoms with E-state index in [0.29, 0.717) is 10.2 Å². The summed E-state index contributed by atoms with van der Waals surface area (Å²) in [6.07, 6.45) is 3.50. The molecule has 0 fully saturated rings. The van der Waals surface area contributed by atoms with Gasteiger partial charge in [-0.15, -0.1) is 0 Å². The monoisotopic (exact) mass is 317 g/mol. The smallest absolute Gasteiger partial charge is 0.126 e. The fraction of sp³-hybridized carbons (Fsp3) is 0. The van der Waals surface area contributed by atoms with E-state index in [4.69, 9.17) is 0 Å². The molecule has 3 aromatic rings. The number of hydrogen-bond donors (Lipinski definition) is 0. The van der Waals surface area contributed by atoms with Crippen LogP contribution in [0, 0.1) is 5.82 Å². The van der Waals surface area contributed by atoms with Crippen LogP contribution in [0.1, 0.15) is 0 Å². The van der Waals surface area contributed by atoms with E-state index in [-0.39, 0.29) is 5.82 Å². The maximum Gasteiger partial charge on any atom is 0.126 e. The van der Waals surface area contributed by atoms with Crippen LogP contribution in [0.25, 0.3) is 17.1 Å². The molecule has 2 aromatic heterocycles. The molecular formula is C14H9BrFN3. The van der Waals surface area contributed by atoms with E-state index in [1.165, 1.54) is 12.1 Å². The van der Waals surface area contributed by atoms with Crippen molar-refractivity contribution in [3.05, 3.63) is 65.1 Å². The van der Waals surface area contributed by atoms with Crippen LogP contribution < -0.4 is 0 Å². The third-order valence-corrected chi connectivity index (χ3v) is 3.09. The number of benzene rings is 1. The number of aromatic nitrogens is 3. The minimum absolute atomic E-state index is 0.306. The summed E-state index contributed by atoms with van der Waals surface area (Å²) in [5.41, 5.74) is 2.20. The second-order valence-corrected chi connectivity index (χ2v) is 4.90. The molecule has 5 heteroatoms. The van der Waals surface area contributed by atoms with Crippen molar-refractivity contribution in [2.45, 2.75) is 0 Å². The Morgan fingerprint density at radius 1 is 1.05 bits per heavy atom. The SMILES string of the molecule is Fc1cc(Br)cc(-n2ccc(-c3ccccn3)n2)c1. The Morgan fingerprint density at radius 3 is 2.68 bits per heavy atom. The highest BCUT2D eigenvalue weighted by Crippen LogP contribution is 2.20. The van der Waals surface area contributed by atoms with Gasteiger partial charge in [0.2, 0.25) is 0 Å². The molecule has 0 spiro atoms. The number of rotatable bonds is 2. The van der Waals surface area contributed by atoms with Gasteiger partial charge in [0.05, 0.1) is 11.4 Å². The van der Waals surface area contributed by atoms with Crippen molar-refractivity contribution in [2.75, 3.05) is 0 Å². The molecule has 0 radical (unpaired) electrons. The first-order valence-electron chi connectivity index (χ1n) is 5.66. The van der Waals surface area contributed by atoms with E-state index in [2.05, 4.69) is 26.0 Å². The van der Waals surface area contributed by atoms with Gasteiger partial charge in [-0.2, -0.15) is 5.10 Å². The molecule has 0 amide bonds. The molecule has 0 saturated heterocycles. The first-order chi connectivity index (χ1) is 9.22. The van der Waals surface area contributed by atoms with Crippen LogP contribution in [0.3, 0.4) is 0 Å². The maximum atomic E-state index is 13.4. The highest BCUT2D eigenvalue weighted by atomic mass is 79.9. The van der Waals surface area contributed by atoms with Crippen LogP contribution in [0.4, 0.5) is 4.39 Å². The van der Waals surface area contributed by atoms with Gasteiger partial charge in [0.15, 0.2) is 0 Å². The van der Waals surface area contributed by atoms with Gasteiger partial charge in [-0.3, -0.25) is 4.98 Å². The average Bonchev–Trinajstić information content (AvgIpc) is 2.88. The first-order valence-corrected chi connectivity index (χ1v) is 6.45. The maximum absolute atomic E-state index is 13.4. The topological polar surface area (TPSA) is 30.7 Å². The van der Waals surface area contributed by atoms with Gasteiger partial charge in [-0.1, -0.05) is 22.0 Å². The molecule has 0 aliphatic heterocycles. The lowest BCUT2D eigenvalue weighted by molar-refractivity contribution is 0.624. The predicted molar refractivity (Wildman–Crippen MR) is 74.5 cm³/mol. The molecule has 0 saturated carbocycles. The van der Waals surface area contributed by atoms with Crippen molar-refractivity contribution in [3.63, 3.8) is 0 Å². The summed E-state index contributed by atoms with van der Waals surface area (Å²) in [6, 6.07) is 12.1. The fourth-order valence-corrected chi connectivity index (χ4v) is 2.24. The minimum atomic E-state index is -0.306. The zero-order valence-corrected chi connectivity index (χ0v) is 11.4. The van der Waals surface area contributed by atoms with E-state index in [9.17, 15) is 4.39 Å². The van der Waals surface area contributed by atoms with Gasteiger partial charge in [0.25, 0.3) is 0 Å². The molecule has 94 valence electrons. The first kappa shape index (κ1) is 12.0. The summed E-state index contributed by atoms with van der Waals surface area (Å²) in [6.45, 7) is 0. The van der Waals surface area contributed by atoms with Crippen LogP contribution in [0.2, 0.25) is 0 Å². The number of halogens is 2. The van der Waals surface area contributed by atoms with Crippen molar-refractivity contribution in [1.82, 2.24) is 14.8 Å². The highest BCUT2D eigenvalue weighted by molar-refractivity contribution is 9.10. The molecule has 3 nitrogen and oxygen atoms in total. The lowest BCUT2D eigenvalue weighted by Gasteiger charge is -2.02. The molecule has 2 heterocycles. The standard InChI is InChI=1S/C14H9BrFN3/c15-10-7-11(16)9-12(8-10)19-6-4-14(18-19)13-3-1-2-5-17-13/h1-9H. The largest absolute Gasteiger partial charge is 0.255 e. The lowest BCUT2D eigenvalue weighted by atomic mass is 10.3. The van der Waals surface area contributed by atoms with Crippen LogP contribution in [0.5, 0.6) is 0 Å². The van der Waals surface area contributed by atoms with Gasteiger partial charge in [-0.05, 0) is 36.4 Å². The third kappa shape index (κ3) is 2.56. The zero-order chi connectivity index (χ0) is 13.2. The second kappa shape index (κ2) is 4.93. The van der Waals surface area contributed by atoms with Crippen molar-refractivity contribution in [3.8, 4) is 17.1 Å². The Morgan fingerprint density at radius 2 is 1.95 bits per heavy atom. The Labute approximate surface area is 117 Å². The van der Waals surface area contributed by atoms with Gasteiger partial charge < -0.3 is 0 Å². The van der Waals surface area contributed by atoms with Gasteiger partial charge in [0, 0.05) is 16.9 Å². The molecular weight excluding hydrogens is 309 g/mol. The molecule has 0 unspecified atom stereocenters. The van der Waals surface area contributed by atoms with Gasteiger partial charge in [0.1, 0.15) is 11.5 Å². The quantitative estimate of drug-likeness (QED) is 0.719. The molecule has 0 N–H and O–H groups in total. The van der Waals surface area contributed by atoms with Crippen molar-refractivity contribution >= 4 is 15.9 Å². The Hall–Kier alpha value is -2.01. The summed E-state index contributed by atoms with van der Waals surface area (Å²) in [5, 5.41) is 4.40. The molecule has 0 atom stereocenters. The Kier molecular flexibility index (Phi) is 3.13. The molecule has 0 bridgehead atoms. The minimum Gasteiger partial charge on any atom is -0.255 e. The number of nitrogens with zero attached hydrogens (tertiary/aromatic N) is 3. The summed E-state index contributed by atoms with van der Waals surface area (Å²) in [5.74, 6) is -0.306. The van der Waals surface area contributed by atoms with Crippen LogP contribution in [-0.2, 0) is 0 Å². The van der Waals surface area contributed by atoms with Crippen LogP contribution in [-0.4, -0.2) is 14.8 Å². The zero-order valence-electron chi connectivity index (χ0n) is 9.79. The van der Waals surface area contributed by atoms with E-state index < -0.39 is 0 Å². The summed E-state index contributed by atoms with van der Waals surface area (Å²) in [4.78, 5) is 4.23. The van der Waals surface area contributed by atoms with E-state index in [0.717, 1.165) is 11.4 Å². The number of hydrogen-bond acceptors (Lipinski definition) is 2. The van der Waals surface area contributed by atoms with Gasteiger partial charge in [-0.25, -0.2) is 9.07 Å². The van der Waals surface area contributed by atoms with E-state index in [1.807, 2.05) is 24.3 Å². The number of pyridine rings is 1. The second-order valence-electron chi connectivity index (χ2n) is 3.99. The summed E-state index contributed by atoms with van der Waals surface area (Å²) >= 11 is 3.27. The van der Waals surface area contributed by atoms with Crippen LogP contribution in [0.15, 0.2) is 59.3 Å². The van der Waals surface area contributed by atoms with Crippen molar-refractivity contribution in [2.24, 2.45) is 0 Å². The average molecular weight is 318 g/mol.